The molecule has 164 valence electrons. The largest absolute Gasteiger partial charge is 0.495 e. The molecule has 2 N–H and O–H groups in total. The van der Waals surface area contributed by atoms with E-state index in [4.69, 9.17) is 4.74 Å². The van der Waals surface area contributed by atoms with E-state index in [0.29, 0.717) is 30.1 Å². The van der Waals surface area contributed by atoms with Crippen molar-refractivity contribution < 1.29 is 19.1 Å². The van der Waals surface area contributed by atoms with E-state index in [1.807, 2.05) is 31.2 Å². The van der Waals surface area contributed by atoms with Crippen molar-refractivity contribution in [3.05, 3.63) is 48.5 Å². The monoisotopic (exact) mass is 424 g/mol. The molecule has 8 heteroatoms. The fourth-order valence-electron chi connectivity index (χ4n) is 3.47. The van der Waals surface area contributed by atoms with E-state index in [2.05, 4.69) is 10.6 Å². The predicted molar refractivity (Wildman–Crippen MR) is 120 cm³/mol. The van der Waals surface area contributed by atoms with Gasteiger partial charge in [-0.2, -0.15) is 0 Å². The standard InChI is InChI=1S/C23H28N4O4/c1-3-26(16-22(29)25-19-7-4-5-8-20(19)31-2)15-21(28)24-17-10-12-18(13-11-17)27-14-6-9-23(27)30/h4-5,7-8,10-13H,3,6,9,14-16H2,1-2H3,(H,24,28)(H,25,29). The maximum absolute atomic E-state index is 12.4. The second-order valence-corrected chi connectivity index (χ2v) is 7.30. The van der Waals surface area contributed by atoms with Gasteiger partial charge in [-0.15, -0.1) is 0 Å². The van der Waals surface area contributed by atoms with Gasteiger partial charge in [-0.3, -0.25) is 19.3 Å². The molecule has 0 unspecified atom stereocenters. The first-order chi connectivity index (χ1) is 15.0. The Morgan fingerprint density at radius 1 is 1.03 bits per heavy atom. The molecule has 1 aliphatic rings. The summed E-state index contributed by atoms with van der Waals surface area (Å²) < 4.78 is 5.24. The minimum Gasteiger partial charge on any atom is -0.495 e. The Morgan fingerprint density at radius 2 is 1.71 bits per heavy atom. The van der Waals surface area contributed by atoms with E-state index in [1.165, 1.54) is 0 Å². The molecule has 31 heavy (non-hydrogen) atoms. The lowest BCUT2D eigenvalue weighted by molar-refractivity contribution is -0.120. The van der Waals surface area contributed by atoms with Gasteiger partial charge in [-0.1, -0.05) is 19.1 Å². The van der Waals surface area contributed by atoms with Crippen molar-refractivity contribution >= 4 is 34.8 Å². The average molecular weight is 425 g/mol. The number of amides is 3. The summed E-state index contributed by atoms with van der Waals surface area (Å²) in [6.07, 6.45) is 1.45. The second kappa shape index (κ2) is 10.6. The van der Waals surface area contributed by atoms with E-state index in [9.17, 15) is 14.4 Å². The van der Waals surface area contributed by atoms with E-state index < -0.39 is 0 Å². The first kappa shape index (κ1) is 22.3. The van der Waals surface area contributed by atoms with Crippen LogP contribution in [0.3, 0.4) is 0 Å². The third-order valence-corrected chi connectivity index (χ3v) is 5.10. The van der Waals surface area contributed by atoms with Crippen LogP contribution in [0.15, 0.2) is 48.5 Å². The Kier molecular flexibility index (Phi) is 7.61. The first-order valence-electron chi connectivity index (χ1n) is 10.4. The maximum atomic E-state index is 12.4. The summed E-state index contributed by atoms with van der Waals surface area (Å²) in [5.41, 5.74) is 2.07. The molecule has 0 bridgehead atoms. The average Bonchev–Trinajstić information content (AvgIpc) is 3.20. The Labute approximate surface area is 182 Å². The van der Waals surface area contributed by atoms with Gasteiger partial charge in [0.2, 0.25) is 17.7 Å². The van der Waals surface area contributed by atoms with Crippen LogP contribution in [0.25, 0.3) is 0 Å². The van der Waals surface area contributed by atoms with Crippen molar-refractivity contribution in [1.29, 1.82) is 0 Å². The van der Waals surface area contributed by atoms with Crippen LogP contribution in [0.1, 0.15) is 19.8 Å². The highest BCUT2D eigenvalue weighted by Gasteiger charge is 2.21. The number of hydrogen-bond donors (Lipinski definition) is 2. The highest BCUT2D eigenvalue weighted by molar-refractivity contribution is 5.97. The third kappa shape index (κ3) is 6.05. The van der Waals surface area contributed by atoms with E-state index in [1.54, 1.807) is 41.2 Å². The minimum atomic E-state index is -0.223. The number of nitrogens with zero attached hydrogens (tertiary/aromatic N) is 2. The SMILES string of the molecule is CCN(CC(=O)Nc1ccc(N2CCCC2=O)cc1)CC(=O)Nc1ccccc1OC. The Balaban J connectivity index is 1.51. The van der Waals surface area contributed by atoms with Gasteiger partial charge in [0.05, 0.1) is 25.9 Å². The number of likely N-dealkylation sites (N-methyl/N-ethyl adjacent to an activating group) is 1. The maximum Gasteiger partial charge on any atom is 0.238 e. The molecular formula is C23H28N4O4. The number of rotatable bonds is 9. The summed E-state index contributed by atoms with van der Waals surface area (Å²) in [5.74, 6) is 0.271. The minimum absolute atomic E-state index is 0.0813. The highest BCUT2D eigenvalue weighted by Crippen LogP contribution is 2.24. The van der Waals surface area contributed by atoms with Crippen molar-refractivity contribution in [2.24, 2.45) is 0 Å². The Bertz CT molecular complexity index is 929. The van der Waals surface area contributed by atoms with Gasteiger partial charge in [0.15, 0.2) is 0 Å². The lowest BCUT2D eigenvalue weighted by Gasteiger charge is -2.20. The van der Waals surface area contributed by atoms with Crippen LogP contribution < -0.4 is 20.3 Å². The van der Waals surface area contributed by atoms with Gasteiger partial charge < -0.3 is 20.3 Å². The predicted octanol–water partition coefficient (Wildman–Crippen LogP) is 2.72. The molecule has 1 heterocycles. The van der Waals surface area contributed by atoms with Crippen molar-refractivity contribution in [1.82, 2.24) is 4.90 Å². The number of benzene rings is 2. The molecular weight excluding hydrogens is 396 g/mol. The van der Waals surface area contributed by atoms with Crippen LogP contribution in [-0.4, -0.2) is 55.9 Å². The number of ether oxygens (including phenoxy) is 1. The summed E-state index contributed by atoms with van der Waals surface area (Å²) in [6, 6.07) is 14.4. The van der Waals surface area contributed by atoms with Crippen molar-refractivity contribution in [3.63, 3.8) is 0 Å². The molecule has 1 saturated heterocycles. The van der Waals surface area contributed by atoms with Gasteiger partial charge in [-0.25, -0.2) is 0 Å². The molecule has 3 amide bonds. The molecule has 0 aromatic heterocycles. The van der Waals surface area contributed by atoms with E-state index in [0.717, 1.165) is 18.7 Å². The summed E-state index contributed by atoms with van der Waals surface area (Å²) in [7, 11) is 1.54. The molecule has 0 spiro atoms. The summed E-state index contributed by atoms with van der Waals surface area (Å²) in [4.78, 5) is 40.2. The summed E-state index contributed by atoms with van der Waals surface area (Å²) in [6.45, 7) is 3.33. The molecule has 0 saturated carbocycles. The fourth-order valence-corrected chi connectivity index (χ4v) is 3.47. The number of anilines is 3. The van der Waals surface area contributed by atoms with Crippen molar-refractivity contribution in [3.8, 4) is 5.75 Å². The van der Waals surface area contributed by atoms with E-state index in [-0.39, 0.29) is 30.8 Å². The topological polar surface area (TPSA) is 91.0 Å². The van der Waals surface area contributed by atoms with Crippen LogP contribution in [0.5, 0.6) is 5.75 Å². The zero-order chi connectivity index (χ0) is 22.2. The van der Waals surface area contributed by atoms with Crippen LogP contribution in [0.4, 0.5) is 17.1 Å². The van der Waals surface area contributed by atoms with Crippen LogP contribution >= 0.6 is 0 Å². The molecule has 2 aromatic carbocycles. The normalized spacial score (nSPS) is 13.4. The lowest BCUT2D eigenvalue weighted by Crippen LogP contribution is -2.38. The molecule has 2 aromatic rings. The van der Waals surface area contributed by atoms with E-state index >= 15 is 0 Å². The molecule has 0 aliphatic carbocycles. The third-order valence-electron chi connectivity index (χ3n) is 5.10. The van der Waals surface area contributed by atoms with Crippen LogP contribution in [-0.2, 0) is 14.4 Å². The quantitative estimate of drug-likeness (QED) is 0.646. The zero-order valence-corrected chi connectivity index (χ0v) is 17.9. The van der Waals surface area contributed by atoms with Crippen molar-refractivity contribution in [2.75, 3.05) is 48.8 Å². The highest BCUT2D eigenvalue weighted by atomic mass is 16.5. The molecule has 0 radical (unpaired) electrons. The number of hydrogen-bond acceptors (Lipinski definition) is 5. The van der Waals surface area contributed by atoms with Gasteiger partial charge in [0.25, 0.3) is 0 Å². The number of carbonyl (C=O) groups is 3. The van der Waals surface area contributed by atoms with Gasteiger partial charge >= 0.3 is 0 Å². The second-order valence-electron chi connectivity index (χ2n) is 7.30. The molecule has 1 aliphatic heterocycles. The number of carbonyl (C=O) groups excluding carboxylic acids is 3. The van der Waals surface area contributed by atoms with Crippen LogP contribution in [0, 0.1) is 0 Å². The Morgan fingerprint density at radius 3 is 2.32 bits per heavy atom. The Hall–Kier alpha value is -3.39. The number of nitrogens with one attached hydrogen (secondary N) is 2. The van der Waals surface area contributed by atoms with Gasteiger partial charge in [-0.05, 0) is 49.4 Å². The van der Waals surface area contributed by atoms with Gasteiger partial charge in [0.1, 0.15) is 5.75 Å². The first-order valence-corrected chi connectivity index (χ1v) is 10.4. The molecule has 1 fully saturated rings. The molecule has 0 atom stereocenters. The smallest absolute Gasteiger partial charge is 0.238 e. The van der Waals surface area contributed by atoms with Crippen LogP contribution in [0.2, 0.25) is 0 Å². The fraction of sp³-hybridized carbons (Fsp3) is 0.348. The van der Waals surface area contributed by atoms with Gasteiger partial charge in [0, 0.05) is 24.3 Å². The lowest BCUT2D eigenvalue weighted by atomic mass is 10.2. The summed E-state index contributed by atoms with van der Waals surface area (Å²) >= 11 is 0. The molecule has 3 rings (SSSR count). The number of para-hydroxylation sites is 2. The zero-order valence-electron chi connectivity index (χ0n) is 17.9. The number of methoxy groups -OCH3 is 1. The molecule has 8 nitrogen and oxygen atoms in total. The summed E-state index contributed by atoms with van der Waals surface area (Å²) in [5, 5.41) is 5.66. The van der Waals surface area contributed by atoms with Crippen molar-refractivity contribution in [2.45, 2.75) is 19.8 Å².